The molecule has 0 aliphatic carbocycles. The number of nitrogens with zero attached hydrogens (tertiary/aromatic N) is 1. The average Bonchev–Trinajstić information content (AvgIpc) is 1.96. The Morgan fingerprint density at radius 1 is 1.29 bits per heavy atom. The molecule has 0 bridgehead atoms. The monoisotopic (exact) mass is 269 g/mol. The van der Waals surface area contributed by atoms with E-state index in [0.717, 1.165) is 0 Å². The van der Waals surface area contributed by atoms with Gasteiger partial charge in [-0.15, -0.1) is 0 Å². The molecule has 6 nitrogen and oxygen atoms in total. The molecular formula is C10H23NO5S. The first kappa shape index (κ1) is 18.7. The van der Waals surface area contributed by atoms with Crippen LogP contribution in [0.5, 0.6) is 0 Å². The van der Waals surface area contributed by atoms with Crippen LogP contribution in [-0.2, 0) is 19.6 Å². The van der Waals surface area contributed by atoms with Crippen LogP contribution in [0.3, 0.4) is 0 Å². The molecule has 1 heterocycles. The molecule has 0 unspecified atom stereocenters. The summed E-state index contributed by atoms with van der Waals surface area (Å²) in [6, 6.07) is 0. The number of rotatable bonds is 1. The predicted octanol–water partition coefficient (Wildman–Crippen LogP) is 0.784. The summed E-state index contributed by atoms with van der Waals surface area (Å²) in [5.41, 5.74) is -0.318. The van der Waals surface area contributed by atoms with Gasteiger partial charge in [-0.05, 0) is 47.3 Å². The molecule has 104 valence electrons. The van der Waals surface area contributed by atoms with Gasteiger partial charge in [0.15, 0.2) is 0 Å². The minimum atomic E-state index is -3.67. The molecule has 1 saturated heterocycles. The van der Waals surface area contributed by atoms with Crippen LogP contribution in [0.1, 0.15) is 27.2 Å². The Hall–Kier alpha value is -0.660. The van der Waals surface area contributed by atoms with Gasteiger partial charge >= 0.3 is 0 Å². The number of likely N-dealkylation sites (tertiary alicyclic amines) is 1. The highest BCUT2D eigenvalue weighted by molar-refractivity contribution is 7.85. The lowest BCUT2D eigenvalue weighted by Crippen LogP contribution is -2.32. The van der Waals surface area contributed by atoms with Gasteiger partial charge in [0.25, 0.3) is 16.6 Å². The summed E-state index contributed by atoms with van der Waals surface area (Å²) >= 11 is 0. The zero-order chi connectivity index (χ0) is 14.1. The maximum Gasteiger partial charge on any atom is 0.293 e. The van der Waals surface area contributed by atoms with Crippen molar-refractivity contribution in [3.8, 4) is 0 Å². The highest BCUT2D eigenvalue weighted by Crippen LogP contribution is 2.02. The van der Waals surface area contributed by atoms with Gasteiger partial charge in [0.2, 0.25) is 0 Å². The van der Waals surface area contributed by atoms with Crippen LogP contribution < -0.4 is 0 Å². The Kier molecular flexibility index (Phi) is 9.28. The van der Waals surface area contributed by atoms with E-state index in [0.29, 0.717) is 12.7 Å². The first-order chi connectivity index (χ1) is 7.45. The fourth-order valence-corrected chi connectivity index (χ4v) is 0.619. The minimum Gasteiger partial charge on any atom is -0.462 e. The van der Waals surface area contributed by atoms with Gasteiger partial charge in [0.1, 0.15) is 5.60 Å². The summed E-state index contributed by atoms with van der Waals surface area (Å²) in [4.78, 5) is 11.9. The summed E-state index contributed by atoms with van der Waals surface area (Å²) in [5.74, 6) is 0. The maximum atomic E-state index is 9.60. The SMILES string of the molecule is CC(C)(C)OC=O.CN1CCC1.CS(=O)(=O)O. The minimum absolute atomic E-state index is 0.318. The van der Waals surface area contributed by atoms with E-state index in [1.807, 2.05) is 20.8 Å². The van der Waals surface area contributed by atoms with E-state index in [4.69, 9.17) is 4.55 Å². The Morgan fingerprint density at radius 2 is 1.59 bits per heavy atom. The summed E-state index contributed by atoms with van der Waals surface area (Å²) < 4.78 is 30.4. The molecular weight excluding hydrogens is 246 g/mol. The largest absolute Gasteiger partial charge is 0.462 e. The second kappa shape index (κ2) is 8.43. The van der Waals surface area contributed by atoms with Gasteiger partial charge < -0.3 is 9.64 Å². The number of carbonyl (C=O) groups excluding carboxylic acids is 1. The lowest BCUT2D eigenvalue weighted by molar-refractivity contribution is -0.138. The second-order valence-corrected chi connectivity index (χ2v) is 6.18. The second-order valence-electron chi connectivity index (χ2n) is 4.72. The normalized spacial score (nSPS) is 15.4. The number of ether oxygens (including phenoxy) is 1. The summed E-state index contributed by atoms with van der Waals surface area (Å²) in [7, 11) is -1.52. The lowest BCUT2D eigenvalue weighted by atomic mass is 10.2. The molecule has 17 heavy (non-hydrogen) atoms. The van der Waals surface area contributed by atoms with Gasteiger partial charge in [0.05, 0.1) is 6.26 Å². The molecule has 0 aromatic heterocycles. The van der Waals surface area contributed by atoms with Crippen LogP contribution in [0.4, 0.5) is 0 Å². The van der Waals surface area contributed by atoms with E-state index >= 15 is 0 Å². The molecule has 0 aromatic rings. The molecule has 7 heteroatoms. The van der Waals surface area contributed by atoms with Crippen molar-refractivity contribution in [3.63, 3.8) is 0 Å². The van der Waals surface area contributed by atoms with Crippen molar-refractivity contribution in [1.82, 2.24) is 4.90 Å². The molecule has 1 fully saturated rings. The van der Waals surface area contributed by atoms with Crippen molar-refractivity contribution in [2.24, 2.45) is 0 Å². The van der Waals surface area contributed by atoms with Crippen molar-refractivity contribution < 1.29 is 22.5 Å². The first-order valence-electron chi connectivity index (χ1n) is 5.18. The number of carbonyl (C=O) groups is 1. The summed E-state index contributed by atoms with van der Waals surface area (Å²) in [6.45, 7) is 8.56. The van der Waals surface area contributed by atoms with Crippen LogP contribution in [0.15, 0.2) is 0 Å². The molecule has 1 N–H and O–H groups in total. The van der Waals surface area contributed by atoms with Gasteiger partial charge in [-0.3, -0.25) is 9.35 Å². The zero-order valence-electron chi connectivity index (χ0n) is 11.1. The fourth-order valence-electron chi connectivity index (χ4n) is 0.619. The van der Waals surface area contributed by atoms with Crippen molar-refractivity contribution in [2.45, 2.75) is 32.8 Å². The predicted molar refractivity (Wildman–Crippen MR) is 66.5 cm³/mol. The van der Waals surface area contributed by atoms with E-state index in [1.165, 1.54) is 19.5 Å². The fraction of sp³-hybridized carbons (Fsp3) is 0.900. The molecule has 0 radical (unpaired) electrons. The zero-order valence-corrected chi connectivity index (χ0v) is 12.0. The van der Waals surface area contributed by atoms with Crippen molar-refractivity contribution >= 4 is 16.6 Å². The molecule has 0 saturated carbocycles. The molecule has 0 atom stereocenters. The summed E-state index contributed by atoms with van der Waals surface area (Å²) in [6.07, 6.45) is 2.13. The number of hydrogen-bond donors (Lipinski definition) is 1. The molecule has 1 aliphatic rings. The standard InChI is InChI=1S/C5H10O2.C4H9N.CH4O3S/c1-5(2,3)7-4-6;1-5-3-2-4-5;1-5(2,3)4/h4H,1-3H3;2-4H2,1H3;1H3,(H,2,3,4). The molecule has 0 amide bonds. The smallest absolute Gasteiger partial charge is 0.293 e. The average molecular weight is 269 g/mol. The highest BCUT2D eigenvalue weighted by Gasteiger charge is 2.07. The Labute approximate surface area is 104 Å². The first-order valence-corrected chi connectivity index (χ1v) is 7.03. The Bertz CT molecular complexity index is 282. The Balaban J connectivity index is 0. The van der Waals surface area contributed by atoms with Gasteiger partial charge in [-0.2, -0.15) is 8.42 Å². The molecule has 1 rings (SSSR count). The van der Waals surface area contributed by atoms with Crippen molar-refractivity contribution in [1.29, 1.82) is 0 Å². The third-order valence-electron chi connectivity index (χ3n) is 1.48. The van der Waals surface area contributed by atoms with Crippen LogP contribution in [-0.4, -0.2) is 56.3 Å². The van der Waals surface area contributed by atoms with Crippen LogP contribution in [0.25, 0.3) is 0 Å². The Morgan fingerprint density at radius 3 is 1.59 bits per heavy atom. The van der Waals surface area contributed by atoms with Crippen molar-refractivity contribution in [3.05, 3.63) is 0 Å². The highest BCUT2D eigenvalue weighted by atomic mass is 32.2. The topological polar surface area (TPSA) is 83.9 Å². The molecule has 1 aliphatic heterocycles. The van der Waals surface area contributed by atoms with Crippen molar-refractivity contribution in [2.75, 3.05) is 26.4 Å². The van der Waals surface area contributed by atoms with Gasteiger partial charge in [-0.1, -0.05) is 0 Å². The van der Waals surface area contributed by atoms with Crippen LogP contribution >= 0.6 is 0 Å². The van der Waals surface area contributed by atoms with E-state index in [2.05, 4.69) is 16.7 Å². The van der Waals surface area contributed by atoms with E-state index < -0.39 is 10.1 Å². The van der Waals surface area contributed by atoms with E-state index in [-0.39, 0.29) is 5.60 Å². The molecule has 0 spiro atoms. The van der Waals surface area contributed by atoms with Crippen LogP contribution in [0, 0.1) is 0 Å². The lowest BCUT2D eigenvalue weighted by Gasteiger charge is -2.24. The summed E-state index contributed by atoms with van der Waals surface area (Å²) in [5, 5.41) is 0. The van der Waals surface area contributed by atoms with Gasteiger partial charge in [0, 0.05) is 0 Å². The quantitative estimate of drug-likeness (QED) is 0.559. The van der Waals surface area contributed by atoms with Crippen LogP contribution in [0.2, 0.25) is 0 Å². The maximum absolute atomic E-state index is 9.60. The van der Waals surface area contributed by atoms with E-state index in [1.54, 1.807) is 0 Å². The molecule has 0 aromatic carbocycles. The third kappa shape index (κ3) is 31.3. The third-order valence-corrected chi connectivity index (χ3v) is 1.48. The van der Waals surface area contributed by atoms with E-state index in [9.17, 15) is 13.2 Å². The number of hydrogen-bond acceptors (Lipinski definition) is 5. The van der Waals surface area contributed by atoms with Gasteiger partial charge in [-0.25, -0.2) is 0 Å².